The first-order chi connectivity index (χ1) is 8.33. The summed E-state index contributed by atoms with van der Waals surface area (Å²) in [5.41, 5.74) is 0. The Labute approximate surface area is 101 Å². The predicted molar refractivity (Wildman–Crippen MR) is 61.8 cm³/mol. The minimum atomic E-state index is -0.114. The fourth-order valence-corrected chi connectivity index (χ4v) is 2.74. The second-order valence-electron chi connectivity index (χ2n) is 5.14. The van der Waals surface area contributed by atoms with E-state index in [-0.39, 0.29) is 6.10 Å². The van der Waals surface area contributed by atoms with Gasteiger partial charge in [-0.3, -0.25) is 5.10 Å². The lowest BCUT2D eigenvalue weighted by atomic mass is 9.87. The van der Waals surface area contributed by atoms with Crippen molar-refractivity contribution in [2.45, 2.75) is 50.0 Å². The molecule has 1 aliphatic heterocycles. The molecule has 17 heavy (non-hydrogen) atoms. The van der Waals surface area contributed by atoms with Crippen LogP contribution in [0.5, 0.6) is 0 Å². The number of aromatic nitrogens is 3. The lowest BCUT2D eigenvalue weighted by Gasteiger charge is -2.23. The first-order valence-corrected chi connectivity index (χ1v) is 6.51. The molecule has 1 atom stereocenters. The van der Waals surface area contributed by atoms with Gasteiger partial charge in [0.25, 0.3) is 0 Å². The minimum Gasteiger partial charge on any atom is -0.393 e. The molecular formula is C12H19N3O2. The minimum absolute atomic E-state index is 0.114. The van der Waals surface area contributed by atoms with Gasteiger partial charge in [-0.1, -0.05) is 0 Å². The van der Waals surface area contributed by atoms with Crippen LogP contribution in [0.2, 0.25) is 0 Å². The van der Waals surface area contributed by atoms with Crippen molar-refractivity contribution < 1.29 is 9.84 Å². The Bertz CT molecular complexity index is 366. The second-order valence-corrected chi connectivity index (χ2v) is 5.14. The van der Waals surface area contributed by atoms with Gasteiger partial charge >= 0.3 is 0 Å². The van der Waals surface area contributed by atoms with Gasteiger partial charge in [0, 0.05) is 18.4 Å². The number of H-pyrrole nitrogens is 1. The predicted octanol–water partition coefficient (Wildman–Crippen LogP) is 1.33. The van der Waals surface area contributed by atoms with Crippen LogP contribution < -0.4 is 0 Å². The van der Waals surface area contributed by atoms with E-state index in [1.165, 1.54) is 0 Å². The molecule has 0 amide bonds. The summed E-state index contributed by atoms with van der Waals surface area (Å²) in [6, 6.07) is 0. The molecule has 94 valence electrons. The van der Waals surface area contributed by atoms with Crippen LogP contribution in [0.15, 0.2) is 0 Å². The van der Waals surface area contributed by atoms with E-state index in [0.29, 0.717) is 11.8 Å². The van der Waals surface area contributed by atoms with E-state index in [4.69, 9.17) is 4.74 Å². The highest BCUT2D eigenvalue weighted by Gasteiger charge is 2.26. The number of aliphatic hydroxyl groups excluding tert-OH is 1. The monoisotopic (exact) mass is 237 g/mol. The summed E-state index contributed by atoms with van der Waals surface area (Å²) in [5.74, 6) is 2.72. The smallest absolute Gasteiger partial charge is 0.156 e. The average molecular weight is 237 g/mol. The van der Waals surface area contributed by atoms with Gasteiger partial charge in [-0.05, 0) is 32.1 Å². The summed E-state index contributed by atoms with van der Waals surface area (Å²) in [5, 5.41) is 16.9. The number of hydrogen-bond acceptors (Lipinski definition) is 4. The highest BCUT2D eigenvalue weighted by atomic mass is 16.5. The zero-order chi connectivity index (χ0) is 11.7. The fraction of sp³-hybridized carbons (Fsp3) is 0.833. The third-order valence-electron chi connectivity index (χ3n) is 3.90. The maximum Gasteiger partial charge on any atom is 0.156 e. The number of ether oxygens (including phenoxy) is 1. The number of hydrogen-bond donors (Lipinski definition) is 2. The summed E-state index contributed by atoms with van der Waals surface area (Å²) < 4.78 is 5.35. The van der Waals surface area contributed by atoms with Crippen molar-refractivity contribution in [2.75, 3.05) is 13.2 Å². The summed E-state index contributed by atoms with van der Waals surface area (Å²) in [4.78, 5) is 4.61. The molecule has 2 aliphatic rings. The molecule has 5 heteroatoms. The van der Waals surface area contributed by atoms with Crippen molar-refractivity contribution in [2.24, 2.45) is 0 Å². The van der Waals surface area contributed by atoms with Crippen LogP contribution >= 0.6 is 0 Å². The Hall–Kier alpha value is -0.940. The van der Waals surface area contributed by atoms with Gasteiger partial charge in [0.1, 0.15) is 5.82 Å². The zero-order valence-electron chi connectivity index (χ0n) is 9.93. The van der Waals surface area contributed by atoms with Crippen LogP contribution in [0.1, 0.15) is 55.6 Å². The molecular weight excluding hydrogens is 218 g/mol. The van der Waals surface area contributed by atoms with Crippen molar-refractivity contribution >= 4 is 0 Å². The maximum absolute atomic E-state index is 9.49. The molecule has 0 radical (unpaired) electrons. The fourth-order valence-electron chi connectivity index (χ4n) is 2.74. The van der Waals surface area contributed by atoms with Gasteiger partial charge < -0.3 is 9.84 Å². The Morgan fingerprint density at radius 1 is 1.12 bits per heavy atom. The molecule has 2 N–H and O–H groups in total. The highest BCUT2D eigenvalue weighted by molar-refractivity contribution is 5.04. The van der Waals surface area contributed by atoms with E-state index in [1.807, 2.05) is 0 Å². The van der Waals surface area contributed by atoms with Crippen molar-refractivity contribution in [1.29, 1.82) is 0 Å². The molecule has 0 spiro atoms. The highest BCUT2D eigenvalue weighted by Crippen LogP contribution is 2.32. The van der Waals surface area contributed by atoms with E-state index < -0.39 is 0 Å². The first-order valence-electron chi connectivity index (χ1n) is 6.51. The molecule has 2 heterocycles. The largest absolute Gasteiger partial charge is 0.393 e. The topological polar surface area (TPSA) is 71.0 Å². The maximum atomic E-state index is 9.49. The lowest BCUT2D eigenvalue weighted by molar-refractivity contribution is 0.121. The van der Waals surface area contributed by atoms with Crippen LogP contribution in [-0.2, 0) is 4.74 Å². The molecule has 0 aromatic carbocycles. The summed E-state index contributed by atoms with van der Waals surface area (Å²) in [6.45, 7) is 1.57. The van der Waals surface area contributed by atoms with Gasteiger partial charge in [0.15, 0.2) is 5.82 Å². The van der Waals surface area contributed by atoms with Crippen molar-refractivity contribution in [3.8, 4) is 0 Å². The van der Waals surface area contributed by atoms with E-state index in [0.717, 1.165) is 57.0 Å². The van der Waals surface area contributed by atoms with E-state index in [9.17, 15) is 5.11 Å². The third-order valence-corrected chi connectivity index (χ3v) is 3.90. The van der Waals surface area contributed by atoms with Gasteiger partial charge in [-0.25, -0.2) is 4.98 Å². The Morgan fingerprint density at radius 3 is 2.65 bits per heavy atom. The molecule has 2 fully saturated rings. The number of nitrogens with zero attached hydrogens (tertiary/aromatic N) is 2. The van der Waals surface area contributed by atoms with Crippen molar-refractivity contribution in [3.05, 3.63) is 11.6 Å². The SMILES string of the molecule is OC1CCC(c2nc([C@@H]3CCOC3)n[nH]2)CC1. The van der Waals surface area contributed by atoms with Crippen molar-refractivity contribution in [3.63, 3.8) is 0 Å². The van der Waals surface area contributed by atoms with E-state index in [1.54, 1.807) is 0 Å². The normalized spacial score (nSPS) is 34.1. The van der Waals surface area contributed by atoms with Gasteiger partial charge in [-0.2, -0.15) is 5.10 Å². The Balaban J connectivity index is 1.67. The molecule has 1 saturated heterocycles. The van der Waals surface area contributed by atoms with Gasteiger partial charge in [-0.15, -0.1) is 0 Å². The first kappa shape index (κ1) is 11.2. The molecule has 1 aromatic rings. The van der Waals surface area contributed by atoms with Gasteiger partial charge in [0.05, 0.1) is 12.7 Å². The Morgan fingerprint density at radius 2 is 1.94 bits per heavy atom. The van der Waals surface area contributed by atoms with Crippen LogP contribution in [0, 0.1) is 0 Å². The molecule has 3 rings (SSSR count). The van der Waals surface area contributed by atoms with E-state index >= 15 is 0 Å². The summed E-state index contributed by atoms with van der Waals surface area (Å²) in [7, 11) is 0. The lowest BCUT2D eigenvalue weighted by Crippen LogP contribution is -2.17. The van der Waals surface area contributed by atoms with E-state index in [2.05, 4.69) is 15.2 Å². The zero-order valence-corrected chi connectivity index (χ0v) is 9.93. The van der Waals surface area contributed by atoms with Gasteiger partial charge in [0.2, 0.25) is 0 Å². The molecule has 0 unspecified atom stereocenters. The van der Waals surface area contributed by atoms with Crippen LogP contribution in [0.4, 0.5) is 0 Å². The number of aliphatic hydroxyl groups is 1. The summed E-state index contributed by atoms with van der Waals surface area (Å²) in [6.07, 6.45) is 4.70. The number of rotatable bonds is 2. The number of aromatic amines is 1. The standard InChI is InChI=1S/C12H19N3O2/c16-10-3-1-8(2-4-10)11-13-12(15-14-11)9-5-6-17-7-9/h8-10,16H,1-7H2,(H,13,14,15)/t8?,9-,10?/m1/s1. The quantitative estimate of drug-likeness (QED) is 0.814. The molecule has 1 aromatic heterocycles. The van der Waals surface area contributed by atoms with Crippen LogP contribution in [0.3, 0.4) is 0 Å². The molecule has 1 saturated carbocycles. The third kappa shape index (κ3) is 2.35. The number of nitrogens with one attached hydrogen (secondary N) is 1. The van der Waals surface area contributed by atoms with Crippen LogP contribution in [0.25, 0.3) is 0 Å². The summed E-state index contributed by atoms with van der Waals surface area (Å²) >= 11 is 0. The molecule has 1 aliphatic carbocycles. The Kier molecular flexibility index (Phi) is 3.11. The van der Waals surface area contributed by atoms with Crippen LogP contribution in [-0.4, -0.2) is 39.6 Å². The molecule has 5 nitrogen and oxygen atoms in total. The average Bonchev–Trinajstić information content (AvgIpc) is 3.00. The second kappa shape index (κ2) is 4.74. The molecule has 0 bridgehead atoms. The van der Waals surface area contributed by atoms with Crippen molar-refractivity contribution in [1.82, 2.24) is 15.2 Å².